The van der Waals surface area contributed by atoms with Crippen molar-refractivity contribution in [2.45, 2.75) is 32.3 Å². The summed E-state index contributed by atoms with van der Waals surface area (Å²) in [5.41, 5.74) is 2.76. The summed E-state index contributed by atoms with van der Waals surface area (Å²) in [6, 6.07) is 14.0. The maximum Gasteiger partial charge on any atom is 0.135 e. The zero-order valence-electron chi connectivity index (χ0n) is 11.1. The van der Waals surface area contributed by atoms with E-state index >= 15 is 0 Å². The van der Waals surface area contributed by atoms with Crippen molar-refractivity contribution in [1.29, 1.82) is 0 Å². The molecule has 1 atom stereocenters. The summed E-state index contributed by atoms with van der Waals surface area (Å²) in [7, 11) is 0. The Hall–Kier alpha value is -1.80. The van der Waals surface area contributed by atoms with Gasteiger partial charge in [0.05, 0.1) is 6.10 Å². The van der Waals surface area contributed by atoms with Gasteiger partial charge in [0, 0.05) is 10.8 Å². The van der Waals surface area contributed by atoms with Gasteiger partial charge in [-0.25, -0.2) is 0 Å². The fraction of sp³-hybridized carbons (Fsp3) is 0.294. The third-order valence-corrected chi connectivity index (χ3v) is 3.62. The highest BCUT2D eigenvalue weighted by molar-refractivity contribution is 6.04. The minimum atomic E-state index is -0.377. The summed E-state index contributed by atoms with van der Waals surface area (Å²) in [5.74, 6) is 0. The van der Waals surface area contributed by atoms with Crippen LogP contribution in [0.2, 0.25) is 0 Å². The third kappa shape index (κ3) is 2.24. The van der Waals surface area contributed by atoms with Crippen LogP contribution in [0.25, 0.3) is 21.9 Å². The number of hydrogen-bond acceptors (Lipinski definition) is 2. The molecule has 3 rings (SSSR count). The Labute approximate surface area is 112 Å². The van der Waals surface area contributed by atoms with Gasteiger partial charge in [-0.2, -0.15) is 0 Å². The summed E-state index contributed by atoms with van der Waals surface area (Å²) in [5, 5.41) is 12.4. The minimum absolute atomic E-state index is 0.377. The second-order valence-electron chi connectivity index (χ2n) is 5.01. The van der Waals surface area contributed by atoms with Crippen LogP contribution in [-0.2, 0) is 0 Å². The summed E-state index contributed by atoms with van der Waals surface area (Å²) in [4.78, 5) is 0. The van der Waals surface area contributed by atoms with Crippen molar-refractivity contribution in [2.75, 3.05) is 0 Å². The molecule has 0 saturated heterocycles. The Balaban J connectivity index is 2.06. The van der Waals surface area contributed by atoms with Gasteiger partial charge in [-0.15, -0.1) is 0 Å². The largest absolute Gasteiger partial charge is 0.456 e. The molecule has 2 nitrogen and oxygen atoms in total. The van der Waals surface area contributed by atoms with Crippen LogP contribution in [-0.4, -0.2) is 5.11 Å². The van der Waals surface area contributed by atoms with Gasteiger partial charge >= 0.3 is 0 Å². The predicted octanol–water partition coefficient (Wildman–Crippen LogP) is 4.81. The topological polar surface area (TPSA) is 33.4 Å². The van der Waals surface area contributed by atoms with E-state index in [-0.39, 0.29) is 6.10 Å². The molecule has 0 saturated carbocycles. The number of unbranched alkanes of at least 4 members (excludes halogenated alkanes) is 1. The van der Waals surface area contributed by atoms with E-state index in [1.165, 1.54) is 0 Å². The van der Waals surface area contributed by atoms with Crippen molar-refractivity contribution < 1.29 is 9.52 Å². The average Bonchev–Trinajstić information content (AvgIpc) is 2.82. The highest BCUT2D eigenvalue weighted by Crippen LogP contribution is 2.31. The molecule has 1 aromatic heterocycles. The monoisotopic (exact) mass is 254 g/mol. The van der Waals surface area contributed by atoms with E-state index in [1.807, 2.05) is 30.3 Å². The third-order valence-electron chi connectivity index (χ3n) is 3.62. The predicted molar refractivity (Wildman–Crippen MR) is 78.2 cm³/mol. The van der Waals surface area contributed by atoms with E-state index in [2.05, 4.69) is 19.1 Å². The Bertz CT molecular complexity index is 697. The van der Waals surface area contributed by atoms with Crippen LogP contribution in [0, 0.1) is 0 Å². The Morgan fingerprint density at radius 1 is 1.05 bits per heavy atom. The highest BCUT2D eigenvalue weighted by Gasteiger charge is 2.11. The van der Waals surface area contributed by atoms with Gasteiger partial charge in [-0.1, -0.05) is 44.0 Å². The summed E-state index contributed by atoms with van der Waals surface area (Å²) in [6.45, 7) is 2.14. The van der Waals surface area contributed by atoms with Crippen LogP contribution in [0.5, 0.6) is 0 Å². The molecule has 98 valence electrons. The number of rotatable bonds is 4. The van der Waals surface area contributed by atoms with Gasteiger partial charge < -0.3 is 9.52 Å². The van der Waals surface area contributed by atoms with E-state index in [4.69, 9.17) is 4.42 Å². The number of aliphatic hydroxyl groups is 1. The number of fused-ring (bicyclic) bond motifs is 3. The molecule has 0 bridgehead atoms. The maximum atomic E-state index is 10.2. The fourth-order valence-corrected chi connectivity index (χ4v) is 2.52. The van der Waals surface area contributed by atoms with Crippen molar-refractivity contribution in [1.82, 2.24) is 0 Å². The molecule has 2 aromatic carbocycles. The average molecular weight is 254 g/mol. The first kappa shape index (κ1) is 12.2. The quantitative estimate of drug-likeness (QED) is 0.724. The molecule has 0 amide bonds. The molecule has 0 fully saturated rings. The zero-order chi connectivity index (χ0) is 13.2. The van der Waals surface area contributed by atoms with Crippen LogP contribution < -0.4 is 0 Å². The lowest BCUT2D eigenvalue weighted by Gasteiger charge is -2.10. The number of para-hydroxylation sites is 1. The molecule has 2 heteroatoms. The van der Waals surface area contributed by atoms with Crippen molar-refractivity contribution >= 4 is 21.9 Å². The Kier molecular flexibility index (Phi) is 3.26. The lowest BCUT2D eigenvalue weighted by atomic mass is 10.0. The van der Waals surface area contributed by atoms with Gasteiger partial charge in [0.15, 0.2) is 0 Å². The SMILES string of the molecule is CCCCC(O)c1ccc2oc3ccccc3c2c1. The fourth-order valence-electron chi connectivity index (χ4n) is 2.52. The first-order valence-corrected chi connectivity index (χ1v) is 6.89. The molecular weight excluding hydrogens is 236 g/mol. The molecular formula is C17H18O2. The van der Waals surface area contributed by atoms with Crippen molar-refractivity contribution in [3.8, 4) is 0 Å². The van der Waals surface area contributed by atoms with Crippen LogP contribution in [0.15, 0.2) is 46.9 Å². The van der Waals surface area contributed by atoms with E-state index in [0.717, 1.165) is 46.8 Å². The molecule has 1 N–H and O–H groups in total. The number of hydrogen-bond donors (Lipinski definition) is 1. The van der Waals surface area contributed by atoms with Crippen LogP contribution in [0.3, 0.4) is 0 Å². The summed E-state index contributed by atoms with van der Waals surface area (Å²) in [6.07, 6.45) is 2.59. The van der Waals surface area contributed by atoms with E-state index in [9.17, 15) is 5.11 Å². The van der Waals surface area contributed by atoms with Gasteiger partial charge in [0.25, 0.3) is 0 Å². The van der Waals surface area contributed by atoms with Crippen LogP contribution in [0.1, 0.15) is 37.9 Å². The van der Waals surface area contributed by atoms with Crippen LogP contribution in [0.4, 0.5) is 0 Å². The Morgan fingerprint density at radius 3 is 2.68 bits per heavy atom. The molecule has 0 aliphatic carbocycles. The second-order valence-corrected chi connectivity index (χ2v) is 5.01. The molecule has 3 aromatic rings. The van der Waals surface area contributed by atoms with Gasteiger partial charge in [0.1, 0.15) is 11.2 Å². The Morgan fingerprint density at radius 2 is 1.84 bits per heavy atom. The van der Waals surface area contributed by atoms with E-state index in [1.54, 1.807) is 0 Å². The van der Waals surface area contributed by atoms with E-state index in [0.29, 0.717) is 0 Å². The first-order valence-electron chi connectivity index (χ1n) is 6.89. The highest BCUT2D eigenvalue weighted by atomic mass is 16.3. The molecule has 0 radical (unpaired) electrons. The molecule has 0 spiro atoms. The second kappa shape index (κ2) is 5.06. The molecule has 1 unspecified atom stereocenters. The van der Waals surface area contributed by atoms with Gasteiger partial charge in [-0.05, 0) is 30.2 Å². The van der Waals surface area contributed by atoms with Crippen molar-refractivity contribution in [3.05, 3.63) is 48.0 Å². The summed E-state index contributed by atoms with van der Waals surface area (Å²) < 4.78 is 5.79. The van der Waals surface area contributed by atoms with Crippen LogP contribution >= 0.6 is 0 Å². The number of furan rings is 1. The lowest BCUT2D eigenvalue weighted by Crippen LogP contribution is -1.96. The van der Waals surface area contributed by atoms with Gasteiger partial charge in [0.2, 0.25) is 0 Å². The van der Waals surface area contributed by atoms with Crippen molar-refractivity contribution in [3.63, 3.8) is 0 Å². The molecule has 0 aliphatic rings. The first-order chi connectivity index (χ1) is 9.29. The summed E-state index contributed by atoms with van der Waals surface area (Å²) >= 11 is 0. The number of aliphatic hydroxyl groups excluding tert-OH is 1. The maximum absolute atomic E-state index is 10.2. The minimum Gasteiger partial charge on any atom is -0.456 e. The number of benzene rings is 2. The standard InChI is InChI=1S/C17H18O2/c1-2-3-7-15(18)12-9-10-17-14(11-12)13-6-4-5-8-16(13)19-17/h4-6,8-11,15,18H,2-3,7H2,1H3. The van der Waals surface area contributed by atoms with Crippen molar-refractivity contribution in [2.24, 2.45) is 0 Å². The zero-order valence-corrected chi connectivity index (χ0v) is 11.1. The smallest absolute Gasteiger partial charge is 0.135 e. The van der Waals surface area contributed by atoms with Gasteiger partial charge in [-0.3, -0.25) is 0 Å². The molecule has 1 heterocycles. The normalized spacial score (nSPS) is 13.2. The molecule has 19 heavy (non-hydrogen) atoms. The molecule has 0 aliphatic heterocycles. The van der Waals surface area contributed by atoms with E-state index < -0.39 is 0 Å². The lowest BCUT2D eigenvalue weighted by molar-refractivity contribution is 0.164.